The summed E-state index contributed by atoms with van der Waals surface area (Å²) in [5.41, 5.74) is 6.17. The van der Waals surface area contributed by atoms with Crippen molar-refractivity contribution >= 4 is 21.4 Å². The third kappa shape index (κ3) is 3.38. The molecule has 6 heteroatoms. The molecule has 1 unspecified atom stereocenters. The smallest absolute Gasteiger partial charge is 0.213 e. The summed E-state index contributed by atoms with van der Waals surface area (Å²) in [5.74, 6) is -0.0263. The van der Waals surface area contributed by atoms with Gasteiger partial charge in [-0.1, -0.05) is 0 Å². The van der Waals surface area contributed by atoms with E-state index in [0.29, 0.717) is 0 Å². The number of hydrogen-bond donors (Lipinski definition) is 2. The highest BCUT2D eigenvalue weighted by Crippen LogP contribution is 2.16. The summed E-state index contributed by atoms with van der Waals surface area (Å²) in [6, 6.07) is 1.72. The zero-order valence-corrected chi connectivity index (χ0v) is 9.57. The second-order valence-corrected chi connectivity index (χ2v) is 5.66. The first kappa shape index (κ1) is 11.6. The van der Waals surface area contributed by atoms with E-state index in [1.165, 1.54) is 0 Å². The first-order chi connectivity index (χ1) is 6.55. The maximum absolute atomic E-state index is 11.3. The van der Waals surface area contributed by atoms with E-state index in [2.05, 4.69) is 4.72 Å². The summed E-state index contributed by atoms with van der Waals surface area (Å²) in [7, 11) is -3.23. The first-order valence-corrected chi connectivity index (χ1v) is 6.87. The van der Waals surface area contributed by atoms with Gasteiger partial charge in [-0.15, -0.1) is 0 Å². The SMILES string of the molecule is CC(NS(=O)(=O)CCN)c1ccsc1. The van der Waals surface area contributed by atoms with Gasteiger partial charge in [0, 0.05) is 12.6 Å². The standard InChI is InChI=1S/C8H14N2O2S2/c1-7(8-2-4-13-6-8)10-14(11,12)5-3-9/h2,4,6-7,10H,3,5,9H2,1H3. The molecule has 1 heterocycles. The number of sulfonamides is 1. The van der Waals surface area contributed by atoms with Crippen LogP contribution in [0.2, 0.25) is 0 Å². The molecular weight excluding hydrogens is 220 g/mol. The fraction of sp³-hybridized carbons (Fsp3) is 0.500. The highest BCUT2D eigenvalue weighted by Gasteiger charge is 2.14. The van der Waals surface area contributed by atoms with Crippen molar-refractivity contribution in [1.29, 1.82) is 0 Å². The van der Waals surface area contributed by atoms with Crippen LogP contribution in [-0.4, -0.2) is 20.7 Å². The number of nitrogens with one attached hydrogen (secondary N) is 1. The fourth-order valence-corrected chi connectivity index (χ4v) is 2.93. The summed E-state index contributed by atoms with van der Waals surface area (Å²) >= 11 is 1.55. The van der Waals surface area contributed by atoms with Crippen LogP contribution in [0.4, 0.5) is 0 Å². The van der Waals surface area contributed by atoms with E-state index in [0.717, 1.165) is 5.56 Å². The lowest BCUT2D eigenvalue weighted by molar-refractivity contribution is 0.567. The average molecular weight is 234 g/mol. The molecule has 0 spiro atoms. The van der Waals surface area contributed by atoms with Gasteiger partial charge < -0.3 is 5.73 Å². The molecule has 1 aromatic rings. The van der Waals surface area contributed by atoms with Crippen LogP contribution in [0.1, 0.15) is 18.5 Å². The minimum atomic E-state index is -3.23. The number of rotatable bonds is 5. The van der Waals surface area contributed by atoms with Gasteiger partial charge in [0.1, 0.15) is 0 Å². The molecular formula is C8H14N2O2S2. The van der Waals surface area contributed by atoms with Gasteiger partial charge in [0.05, 0.1) is 5.75 Å². The third-order valence-corrected chi connectivity index (χ3v) is 3.97. The Bertz CT molecular complexity index is 359. The largest absolute Gasteiger partial charge is 0.329 e. The zero-order valence-electron chi connectivity index (χ0n) is 7.93. The molecule has 80 valence electrons. The van der Waals surface area contributed by atoms with E-state index in [-0.39, 0.29) is 18.3 Å². The van der Waals surface area contributed by atoms with Gasteiger partial charge in [-0.2, -0.15) is 11.3 Å². The van der Waals surface area contributed by atoms with E-state index in [1.807, 2.05) is 23.8 Å². The Morgan fingerprint density at radius 1 is 1.64 bits per heavy atom. The van der Waals surface area contributed by atoms with Crippen LogP contribution in [0.25, 0.3) is 0 Å². The lowest BCUT2D eigenvalue weighted by atomic mass is 10.2. The second-order valence-electron chi connectivity index (χ2n) is 3.00. The third-order valence-electron chi connectivity index (χ3n) is 1.79. The normalized spacial score (nSPS) is 14.1. The molecule has 4 nitrogen and oxygen atoms in total. The van der Waals surface area contributed by atoms with Gasteiger partial charge in [0.2, 0.25) is 10.0 Å². The molecule has 0 fully saturated rings. The molecule has 0 aliphatic rings. The molecule has 0 amide bonds. The summed E-state index contributed by atoms with van der Waals surface area (Å²) in [5, 5.41) is 3.85. The van der Waals surface area contributed by atoms with Crippen molar-refractivity contribution in [2.75, 3.05) is 12.3 Å². The highest BCUT2D eigenvalue weighted by molar-refractivity contribution is 7.89. The van der Waals surface area contributed by atoms with Crippen molar-refractivity contribution in [3.8, 4) is 0 Å². The van der Waals surface area contributed by atoms with Crippen LogP contribution >= 0.6 is 11.3 Å². The van der Waals surface area contributed by atoms with Crippen molar-refractivity contribution in [3.63, 3.8) is 0 Å². The van der Waals surface area contributed by atoms with Crippen molar-refractivity contribution in [1.82, 2.24) is 4.72 Å². The molecule has 0 saturated heterocycles. The Hall–Kier alpha value is -0.430. The van der Waals surface area contributed by atoms with Gasteiger partial charge in [-0.3, -0.25) is 0 Å². The minimum Gasteiger partial charge on any atom is -0.329 e. The summed E-state index contributed by atoms with van der Waals surface area (Å²) in [4.78, 5) is 0. The van der Waals surface area contributed by atoms with Gasteiger partial charge >= 0.3 is 0 Å². The molecule has 0 aromatic carbocycles. The van der Waals surface area contributed by atoms with Crippen molar-refractivity contribution in [3.05, 3.63) is 22.4 Å². The fourth-order valence-electron chi connectivity index (χ4n) is 1.07. The van der Waals surface area contributed by atoms with Gasteiger partial charge in [-0.25, -0.2) is 13.1 Å². The quantitative estimate of drug-likeness (QED) is 0.787. The minimum absolute atomic E-state index is 0.0263. The van der Waals surface area contributed by atoms with Crippen LogP contribution < -0.4 is 10.5 Å². The lowest BCUT2D eigenvalue weighted by Crippen LogP contribution is -2.31. The van der Waals surface area contributed by atoms with Crippen molar-refractivity contribution in [2.24, 2.45) is 5.73 Å². The van der Waals surface area contributed by atoms with Crippen LogP contribution in [0.5, 0.6) is 0 Å². The van der Waals surface area contributed by atoms with Gasteiger partial charge in [0.25, 0.3) is 0 Å². The van der Waals surface area contributed by atoms with Crippen LogP contribution in [0.15, 0.2) is 16.8 Å². The second kappa shape index (κ2) is 4.88. The molecule has 0 saturated carbocycles. The Balaban J connectivity index is 2.61. The van der Waals surface area contributed by atoms with Crippen LogP contribution in [-0.2, 0) is 10.0 Å². The summed E-state index contributed by atoms with van der Waals surface area (Å²) < 4.78 is 25.3. The zero-order chi connectivity index (χ0) is 10.6. The van der Waals surface area contributed by atoms with E-state index in [4.69, 9.17) is 5.73 Å². The molecule has 0 bridgehead atoms. The van der Waals surface area contributed by atoms with Crippen molar-refractivity contribution in [2.45, 2.75) is 13.0 Å². The predicted molar refractivity (Wildman–Crippen MR) is 58.7 cm³/mol. The lowest BCUT2D eigenvalue weighted by Gasteiger charge is -2.12. The molecule has 1 atom stereocenters. The molecule has 3 N–H and O–H groups in total. The Kier molecular flexibility index (Phi) is 4.06. The van der Waals surface area contributed by atoms with E-state index >= 15 is 0 Å². The van der Waals surface area contributed by atoms with Crippen molar-refractivity contribution < 1.29 is 8.42 Å². The monoisotopic (exact) mass is 234 g/mol. The molecule has 1 aromatic heterocycles. The number of thiophene rings is 1. The Morgan fingerprint density at radius 3 is 2.86 bits per heavy atom. The maximum atomic E-state index is 11.3. The highest BCUT2D eigenvalue weighted by atomic mass is 32.2. The predicted octanol–water partition coefficient (Wildman–Crippen LogP) is 0.687. The Labute approximate surface area is 88.2 Å². The maximum Gasteiger partial charge on any atom is 0.213 e. The van der Waals surface area contributed by atoms with E-state index in [9.17, 15) is 8.42 Å². The molecule has 0 radical (unpaired) electrons. The molecule has 0 aliphatic carbocycles. The number of hydrogen-bond acceptors (Lipinski definition) is 4. The van der Waals surface area contributed by atoms with E-state index in [1.54, 1.807) is 11.3 Å². The Morgan fingerprint density at radius 2 is 2.36 bits per heavy atom. The summed E-state index contributed by atoms with van der Waals surface area (Å²) in [6.45, 7) is 1.96. The number of nitrogens with two attached hydrogens (primary N) is 1. The topological polar surface area (TPSA) is 72.2 Å². The van der Waals surface area contributed by atoms with Gasteiger partial charge in [-0.05, 0) is 29.3 Å². The summed E-state index contributed by atoms with van der Waals surface area (Å²) in [6.07, 6.45) is 0. The molecule has 1 rings (SSSR count). The van der Waals surface area contributed by atoms with Gasteiger partial charge in [0.15, 0.2) is 0 Å². The van der Waals surface area contributed by atoms with Crippen LogP contribution in [0, 0.1) is 0 Å². The molecule has 0 aliphatic heterocycles. The first-order valence-electron chi connectivity index (χ1n) is 4.27. The van der Waals surface area contributed by atoms with Crippen LogP contribution in [0.3, 0.4) is 0 Å². The molecule has 14 heavy (non-hydrogen) atoms. The average Bonchev–Trinajstić information content (AvgIpc) is 2.53. The van der Waals surface area contributed by atoms with E-state index < -0.39 is 10.0 Å².